The lowest BCUT2D eigenvalue weighted by Crippen LogP contribution is -2.44. The van der Waals surface area contributed by atoms with Gasteiger partial charge in [0, 0.05) is 30.9 Å². The van der Waals surface area contributed by atoms with E-state index < -0.39 is 0 Å². The fourth-order valence-corrected chi connectivity index (χ4v) is 3.46. The normalized spacial score (nSPS) is 14.4. The van der Waals surface area contributed by atoms with E-state index in [-0.39, 0.29) is 12.5 Å². The molecule has 2 aromatic rings. The topological polar surface area (TPSA) is 74.5 Å². The second-order valence-corrected chi connectivity index (χ2v) is 7.03. The van der Waals surface area contributed by atoms with E-state index in [1.54, 1.807) is 0 Å². The van der Waals surface area contributed by atoms with Crippen LogP contribution in [0, 0.1) is 13.8 Å². The third-order valence-corrected chi connectivity index (χ3v) is 5.05. The molecule has 1 aliphatic heterocycles. The molecular weight excluding hydrogens is 352 g/mol. The van der Waals surface area contributed by atoms with Crippen LogP contribution in [-0.4, -0.2) is 52.7 Å². The smallest absolute Gasteiger partial charge is 0.241 e. The van der Waals surface area contributed by atoms with Crippen molar-refractivity contribution >= 4 is 11.9 Å². The van der Waals surface area contributed by atoms with Crippen LogP contribution < -0.4 is 10.6 Å². The molecule has 3 rings (SSSR count). The first kappa shape index (κ1) is 19.9. The van der Waals surface area contributed by atoms with Crippen molar-refractivity contribution in [3.8, 4) is 5.69 Å². The standard InChI is InChI=1S/C21H30N6O/c1-4-22-21(24-15-20(28)26-12-8-9-13-26)23-14-19-16(2)25-27(17(19)3)18-10-6-5-7-11-18/h5-7,10-11H,4,8-9,12-15H2,1-3H3,(H2,22,23,24). The number of hydrogen-bond acceptors (Lipinski definition) is 3. The highest BCUT2D eigenvalue weighted by atomic mass is 16.2. The number of benzene rings is 1. The lowest BCUT2D eigenvalue weighted by Gasteiger charge is -2.17. The van der Waals surface area contributed by atoms with Gasteiger partial charge in [-0.15, -0.1) is 0 Å². The van der Waals surface area contributed by atoms with Gasteiger partial charge in [0.25, 0.3) is 0 Å². The van der Waals surface area contributed by atoms with Gasteiger partial charge in [0.2, 0.25) is 5.91 Å². The first-order chi connectivity index (χ1) is 13.6. The van der Waals surface area contributed by atoms with Gasteiger partial charge in [-0.25, -0.2) is 9.67 Å². The predicted octanol–water partition coefficient (Wildman–Crippen LogP) is 2.17. The summed E-state index contributed by atoms with van der Waals surface area (Å²) in [4.78, 5) is 18.9. The molecule has 28 heavy (non-hydrogen) atoms. The van der Waals surface area contributed by atoms with Crippen molar-refractivity contribution in [1.82, 2.24) is 25.3 Å². The van der Waals surface area contributed by atoms with Gasteiger partial charge in [-0.1, -0.05) is 18.2 Å². The lowest BCUT2D eigenvalue weighted by molar-refractivity contribution is -0.128. The molecule has 0 unspecified atom stereocenters. The zero-order valence-corrected chi connectivity index (χ0v) is 17.0. The quantitative estimate of drug-likeness (QED) is 0.593. The summed E-state index contributed by atoms with van der Waals surface area (Å²) < 4.78 is 1.96. The second kappa shape index (κ2) is 9.39. The average Bonchev–Trinajstić information content (AvgIpc) is 3.34. The Kier molecular flexibility index (Phi) is 6.68. The van der Waals surface area contributed by atoms with Crippen LogP contribution >= 0.6 is 0 Å². The van der Waals surface area contributed by atoms with Gasteiger partial charge >= 0.3 is 0 Å². The zero-order valence-electron chi connectivity index (χ0n) is 17.0. The molecule has 1 amide bonds. The van der Waals surface area contributed by atoms with E-state index in [1.807, 2.05) is 53.8 Å². The number of para-hydroxylation sites is 1. The highest BCUT2D eigenvalue weighted by Crippen LogP contribution is 2.18. The van der Waals surface area contributed by atoms with Crippen LogP contribution in [0.3, 0.4) is 0 Å². The molecule has 2 heterocycles. The number of carbonyl (C=O) groups is 1. The first-order valence-electron chi connectivity index (χ1n) is 10.0. The minimum atomic E-state index is 0.132. The van der Waals surface area contributed by atoms with Crippen LogP contribution in [0.25, 0.3) is 5.69 Å². The van der Waals surface area contributed by atoms with Crippen LogP contribution in [0.1, 0.15) is 36.7 Å². The number of guanidine groups is 1. The minimum absolute atomic E-state index is 0.132. The molecule has 1 aliphatic rings. The maximum atomic E-state index is 12.3. The Morgan fingerprint density at radius 1 is 1.14 bits per heavy atom. The van der Waals surface area contributed by atoms with Crippen LogP contribution in [0.4, 0.5) is 0 Å². The van der Waals surface area contributed by atoms with Gasteiger partial charge in [-0.2, -0.15) is 5.10 Å². The Morgan fingerprint density at radius 2 is 1.86 bits per heavy atom. The second-order valence-electron chi connectivity index (χ2n) is 7.03. The largest absolute Gasteiger partial charge is 0.357 e. The number of carbonyl (C=O) groups excluding carboxylic acids is 1. The Balaban J connectivity index is 1.69. The molecule has 7 nitrogen and oxygen atoms in total. The summed E-state index contributed by atoms with van der Waals surface area (Å²) in [5.41, 5.74) is 4.19. The number of hydrogen-bond donors (Lipinski definition) is 2. The van der Waals surface area contributed by atoms with Crippen LogP contribution in [-0.2, 0) is 11.3 Å². The summed E-state index contributed by atoms with van der Waals surface area (Å²) in [5.74, 6) is 0.786. The molecule has 0 spiro atoms. The van der Waals surface area contributed by atoms with Crippen molar-refractivity contribution < 1.29 is 4.79 Å². The Hall–Kier alpha value is -2.83. The molecule has 150 valence electrons. The molecule has 0 bridgehead atoms. The van der Waals surface area contributed by atoms with Gasteiger partial charge in [-0.05, 0) is 45.7 Å². The van der Waals surface area contributed by atoms with Crippen LogP contribution in [0.2, 0.25) is 0 Å². The molecule has 1 fully saturated rings. The molecular formula is C21H30N6O. The molecule has 0 aliphatic carbocycles. The number of aryl methyl sites for hydroxylation is 1. The van der Waals surface area contributed by atoms with Crippen molar-refractivity contribution in [2.75, 3.05) is 26.2 Å². The van der Waals surface area contributed by atoms with E-state index in [0.717, 1.165) is 55.1 Å². The molecule has 0 saturated carbocycles. The lowest BCUT2D eigenvalue weighted by atomic mass is 10.2. The number of likely N-dealkylation sites (tertiary alicyclic amines) is 1. The third-order valence-electron chi connectivity index (χ3n) is 5.05. The number of rotatable bonds is 6. The van der Waals surface area contributed by atoms with Crippen LogP contribution in [0.15, 0.2) is 35.3 Å². The summed E-state index contributed by atoms with van der Waals surface area (Å²) in [6, 6.07) is 10.1. The fourth-order valence-electron chi connectivity index (χ4n) is 3.46. The van der Waals surface area contributed by atoms with Gasteiger partial charge in [0.15, 0.2) is 5.96 Å². The van der Waals surface area contributed by atoms with Gasteiger partial charge in [0.1, 0.15) is 0 Å². The third kappa shape index (κ3) is 4.71. The van der Waals surface area contributed by atoms with Crippen molar-refractivity contribution in [3.05, 3.63) is 47.3 Å². The summed E-state index contributed by atoms with van der Waals surface area (Å²) in [6.45, 7) is 9.35. The maximum absolute atomic E-state index is 12.3. The summed E-state index contributed by atoms with van der Waals surface area (Å²) in [5, 5.41) is 11.1. The monoisotopic (exact) mass is 382 g/mol. The van der Waals surface area contributed by atoms with Crippen LogP contribution in [0.5, 0.6) is 0 Å². The van der Waals surface area contributed by atoms with Gasteiger partial charge in [0.05, 0.1) is 24.5 Å². The summed E-state index contributed by atoms with van der Waals surface area (Å²) in [7, 11) is 0. The van der Waals surface area contributed by atoms with Crippen molar-refractivity contribution in [2.24, 2.45) is 4.99 Å². The zero-order chi connectivity index (χ0) is 19.9. The summed E-state index contributed by atoms with van der Waals surface area (Å²) in [6.07, 6.45) is 2.20. The molecule has 2 N–H and O–H groups in total. The molecule has 7 heteroatoms. The van der Waals surface area contributed by atoms with Crippen molar-refractivity contribution in [3.63, 3.8) is 0 Å². The molecule has 1 saturated heterocycles. The number of aromatic nitrogens is 2. The molecule has 1 aromatic heterocycles. The SMILES string of the molecule is CCNC(=NCc1c(C)nn(-c2ccccc2)c1C)NCC(=O)N1CCCC1. The average molecular weight is 383 g/mol. The fraction of sp³-hybridized carbons (Fsp3) is 0.476. The van der Waals surface area contributed by atoms with E-state index in [0.29, 0.717) is 12.5 Å². The number of amides is 1. The first-order valence-corrected chi connectivity index (χ1v) is 10.0. The van der Waals surface area contributed by atoms with E-state index in [2.05, 4.69) is 27.6 Å². The van der Waals surface area contributed by atoms with E-state index in [1.165, 1.54) is 0 Å². The summed E-state index contributed by atoms with van der Waals surface area (Å²) >= 11 is 0. The molecule has 0 atom stereocenters. The van der Waals surface area contributed by atoms with Crippen molar-refractivity contribution in [1.29, 1.82) is 0 Å². The highest BCUT2D eigenvalue weighted by molar-refractivity contribution is 5.86. The van der Waals surface area contributed by atoms with E-state index in [9.17, 15) is 4.79 Å². The Bertz CT molecular complexity index is 821. The molecule has 0 radical (unpaired) electrons. The van der Waals surface area contributed by atoms with E-state index >= 15 is 0 Å². The Morgan fingerprint density at radius 3 is 2.54 bits per heavy atom. The predicted molar refractivity (Wildman–Crippen MR) is 112 cm³/mol. The minimum Gasteiger partial charge on any atom is -0.357 e. The van der Waals surface area contributed by atoms with Gasteiger partial charge in [-0.3, -0.25) is 4.79 Å². The Labute approximate surface area is 166 Å². The number of aliphatic imine (C=N–C) groups is 1. The number of nitrogens with zero attached hydrogens (tertiary/aromatic N) is 4. The molecule has 1 aromatic carbocycles. The maximum Gasteiger partial charge on any atom is 0.241 e. The highest BCUT2D eigenvalue weighted by Gasteiger charge is 2.18. The number of nitrogens with one attached hydrogen (secondary N) is 2. The van der Waals surface area contributed by atoms with Crippen molar-refractivity contribution in [2.45, 2.75) is 40.2 Å². The van der Waals surface area contributed by atoms with Gasteiger partial charge < -0.3 is 15.5 Å². The van der Waals surface area contributed by atoms with E-state index in [4.69, 9.17) is 0 Å².